The van der Waals surface area contributed by atoms with E-state index in [4.69, 9.17) is 0 Å². The van der Waals surface area contributed by atoms with Gasteiger partial charge in [-0.25, -0.2) is 4.79 Å². The highest BCUT2D eigenvalue weighted by Crippen LogP contribution is 2.32. The summed E-state index contributed by atoms with van der Waals surface area (Å²) < 4.78 is 0. The number of fused-ring (bicyclic) bond motifs is 1. The molecule has 0 unspecified atom stereocenters. The summed E-state index contributed by atoms with van der Waals surface area (Å²) in [5.41, 5.74) is 3.80. The van der Waals surface area contributed by atoms with E-state index in [0.717, 1.165) is 56.7 Å². The first-order valence-electron chi connectivity index (χ1n) is 10.3. The number of benzene rings is 2. The van der Waals surface area contributed by atoms with Crippen molar-refractivity contribution >= 4 is 17.6 Å². The van der Waals surface area contributed by atoms with Gasteiger partial charge in [0.2, 0.25) is 0 Å². The smallest absolute Gasteiger partial charge is 0.321 e. The zero-order valence-electron chi connectivity index (χ0n) is 16.9. The van der Waals surface area contributed by atoms with Crippen LogP contribution < -0.4 is 10.6 Å². The number of aryl methyl sites for hydroxylation is 1. The molecule has 6 nitrogen and oxygen atoms in total. The monoisotopic (exact) mass is 392 g/mol. The molecule has 29 heavy (non-hydrogen) atoms. The molecule has 0 bridgehead atoms. The van der Waals surface area contributed by atoms with E-state index in [2.05, 4.69) is 28.6 Å². The molecule has 2 aromatic carbocycles. The number of nitrogens with one attached hydrogen (secondary N) is 2. The number of hydrogen-bond donors (Lipinski definition) is 2. The number of anilines is 1. The summed E-state index contributed by atoms with van der Waals surface area (Å²) >= 11 is 0. The fraction of sp³-hybridized carbons (Fsp3) is 0.391. The normalized spacial score (nSPS) is 19.3. The SMILES string of the molecule is CN1CCN(C(=O)Nc2ccc3c(c2)[C@H](NC(=O)c2ccccc2)CCC3)CC1. The van der Waals surface area contributed by atoms with E-state index in [9.17, 15) is 9.59 Å². The van der Waals surface area contributed by atoms with Gasteiger partial charge in [0, 0.05) is 37.4 Å². The number of urea groups is 1. The maximum Gasteiger partial charge on any atom is 0.321 e. The molecule has 4 rings (SSSR count). The first-order chi connectivity index (χ1) is 14.1. The molecule has 152 valence electrons. The molecule has 6 heteroatoms. The highest BCUT2D eigenvalue weighted by molar-refractivity contribution is 5.94. The highest BCUT2D eigenvalue weighted by atomic mass is 16.2. The predicted octanol–water partition coefficient (Wildman–Crippen LogP) is 3.27. The van der Waals surface area contributed by atoms with Crippen LogP contribution in [0.3, 0.4) is 0 Å². The van der Waals surface area contributed by atoms with Crippen molar-refractivity contribution in [3.8, 4) is 0 Å². The van der Waals surface area contributed by atoms with Crippen molar-refractivity contribution in [3.63, 3.8) is 0 Å². The number of rotatable bonds is 3. The third-order valence-corrected chi connectivity index (χ3v) is 5.84. The molecule has 2 N–H and O–H groups in total. The molecule has 0 saturated carbocycles. The van der Waals surface area contributed by atoms with Crippen LogP contribution in [0.4, 0.5) is 10.5 Å². The van der Waals surface area contributed by atoms with Crippen LogP contribution >= 0.6 is 0 Å². The van der Waals surface area contributed by atoms with Crippen LogP contribution in [-0.4, -0.2) is 55.0 Å². The van der Waals surface area contributed by atoms with Crippen molar-refractivity contribution in [2.45, 2.75) is 25.3 Å². The lowest BCUT2D eigenvalue weighted by atomic mass is 9.87. The molecule has 1 heterocycles. The van der Waals surface area contributed by atoms with Crippen molar-refractivity contribution < 1.29 is 9.59 Å². The number of carbonyl (C=O) groups excluding carboxylic acids is 2. The summed E-state index contributed by atoms with van der Waals surface area (Å²) in [6.07, 6.45) is 2.95. The van der Waals surface area contributed by atoms with Crippen molar-refractivity contribution in [1.29, 1.82) is 0 Å². The van der Waals surface area contributed by atoms with E-state index in [1.54, 1.807) is 0 Å². The largest absolute Gasteiger partial charge is 0.345 e. The van der Waals surface area contributed by atoms with Crippen molar-refractivity contribution in [1.82, 2.24) is 15.1 Å². The topological polar surface area (TPSA) is 64.7 Å². The van der Waals surface area contributed by atoms with E-state index in [1.165, 1.54) is 5.56 Å². The lowest BCUT2D eigenvalue weighted by molar-refractivity contribution is 0.0932. The zero-order valence-corrected chi connectivity index (χ0v) is 16.9. The minimum absolute atomic E-state index is 0.0352. The first kappa shape index (κ1) is 19.5. The Balaban J connectivity index is 1.46. The van der Waals surface area contributed by atoms with Gasteiger partial charge in [-0.05, 0) is 61.7 Å². The van der Waals surface area contributed by atoms with Gasteiger partial charge < -0.3 is 20.4 Å². The molecular weight excluding hydrogens is 364 g/mol. The molecule has 1 aliphatic carbocycles. The lowest BCUT2D eigenvalue weighted by Gasteiger charge is -2.32. The van der Waals surface area contributed by atoms with Crippen molar-refractivity contribution in [3.05, 3.63) is 65.2 Å². The highest BCUT2D eigenvalue weighted by Gasteiger charge is 2.24. The molecule has 1 saturated heterocycles. The Bertz CT molecular complexity index is 876. The second-order valence-corrected chi connectivity index (χ2v) is 7.92. The van der Waals surface area contributed by atoms with E-state index < -0.39 is 0 Å². The van der Waals surface area contributed by atoms with E-state index in [-0.39, 0.29) is 18.0 Å². The van der Waals surface area contributed by atoms with Crippen LogP contribution in [0.2, 0.25) is 0 Å². The summed E-state index contributed by atoms with van der Waals surface area (Å²) in [5.74, 6) is -0.0599. The fourth-order valence-corrected chi connectivity index (χ4v) is 4.07. The molecule has 1 fully saturated rings. The summed E-state index contributed by atoms with van der Waals surface area (Å²) in [5, 5.41) is 6.21. The summed E-state index contributed by atoms with van der Waals surface area (Å²) in [4.78, 5) is 29.3. The van der Waals surface area contributed by atoms with Crippen LogP contribution in [-0.2, 0) is 6.42 Å². The molecule has 3 amide bonds. The maximum atomic E-state index is 12.6. The molecule has 0 aromatic heterocycles. The summed E-state index contributed by atoms with van der Waals surface area (Å²) in [6.45, 7) is 3.27. The molecule has 0 radical (unpaired) electrons. The molecule has 2 aliphatic rings. The van der Waals surface area contributed by atoms with Crippen LogP contribution in [0.15, 0.2) is 48.5 Å². The molecule has 0 spiro atoms. The minimum Gasteiger partial charge on any atom is -0.345 e. The van der Waals surface area contributed by atoms with Crippen LogP contribution in [0.1, 0.15) is 40.4 Å². The van der Waals surface area contributed by atoms with Gasteiger partial charge in [-0.2, -0.15) is 0 Å². The zero-order chi connectivity index (χ0) is 20.2. The van der Waals surface area contributed by atoms with Gasteiger partial charge in [-0.3, -0.25) is 4.79 Å². The number of hydrogen-bond acceptors (Lipinski definition) is 3. The van der Waals surface area contributed by atoms with Gasteiger partial charge in [0.15, 0.2) is 0 Å². The Morgan fingerprint density at radius 1 is 1.00 bits per heavy atom. The second kappa shape index (κ2) is 8.66. The number of carbonyl (C=O) groups is 2. The van der Waals surface area contributed by atoms with Gasteiger partial charge in [-0.1, -0.05) is 24.3 Å². The second-order valence-electron chi connectivity index (χ2n) is 7.92. The van der Waals surface area contributed by atoms with Gasteiger partial charge >= 0.3 is 6.03 Å². The lowest BCUT2D eigenvalue weighted by Crippen LogP contribution is -2.48. The number of nitrogens with zero attached hydrogens (tertiary/aromatic N) is 2. The van der Waals surface area contributed by atoms with E-state index in [1.807, 2.05) is 47.4 Å². The average molecular weight is 393 g/mol. The fourth-order valence-electron chi connectivity index (χ4n) is 4.07. The first-order valence-corrected chi connectivity index (χ1v) is 10.3. The predicted molar refractivity (Wildman–Crippen MR) is 114 cm³/mol. The average Bonchev–Trinajstić information content (AvgIpc) is 2.75. The summed E-state index contributed by atoms with van der Waals surface area (Å²) in [6, 6.07) is 15.3. The molecular formula is C23H28N4O2. The van der Waals surface area contributed by atoms with Gasteiger partial charge in [0.25, 0.3) is 5.91 Å². The molecule has 2 aromatic rings. The third-order valence-electron chi connectivity index (χ3n) is 5.84. The number of likely N-dealkylation sites (N-methyl/N-ethyl adjacent to an activating group) is 1. The van der Waals surface area contributed by atoms with Crippen molar-refractivity contribution in [2.75, 3.05) is 38.5 Å². The minimum atomic E-state index is -0.0599. The Morgan fingerprint density at radius 2 is 1.76 bits per heavy atom. The molecule has 1 atom stereocenters. The van der Waals surface area contributed by atoms with Crippen LogP contribution in [0.5, 0.6) is 0 Å². The van der Waals surface area contributed by atoms with E-state index >= 15 is 0 Å². The maximum absolute atomic E-state index is 12.6. The van der Waals surface area contributed by atoms with Crippen LogP contribution in [0.25, 0.3) is 0 Å². The Labute approximate surface area is 171 Å². The number of piperazine rings is 1. The van der Waals surface area contributed by atoms with Gasteiger partial charge in [0.05, 0.1) is 6.04 Å². The standard InChI is InChI=1S/C23H28N4O2/c1-26-12-14-27(15-13-26)23(29)24-19-11-10-17-8-5-9-21(20(17)16-19)25-22(28)18-6-3-2-4-7-18/h2-4,6-7,10-11,16,21H,5,8-9,12-15H2,1H3,(H,24,29)(H,25,28)/t21-/m1/s1. The quantitative estimate of drug-likeness (QED) is 0.843. The third kappa shape index (κ3) is 4.59. The molecule has 1 aliphatic heterocycles. The van der Waals surface area contributed by atoms with Gasteiger partial charge in [-0.15, -0.1) is 0 Å². The number of amides is 3. The Kier molecular flexibility index (Phi) is 5.81. The van der Waals surface area contributed by atoms with Crippen LogP contribution in [0, 0.1) is 0 Å². The Hall–Kier alpha value is -2.86. The Morgan fingerprint density at radius 3 is 2.52 bits per heavy atom. The van der Waals surface area contributed by atoms with Gasteiger partial charge in [0.1, 0.15) is 0 Å². The summed E-state index contributed by atoms with van der Waals surface area (Å²) in [7, 11) is 2.07. The van der Waals surface area contributed by atoms with E-state index in [0.29, 0.717) is 5.56 Å². The van der Waals surface area contributed by atoms with Crippen molar-refractivity contribution in [2.24, 2.45) is 0 Å².